The van der Waals surface area contributed by atoms with Crippen molar-refractivity contribution in [2.24, 2.45) is 0 Å². The largest absolute Gasteiger partial charge is 0.474 e. The van der Waals surface area contributed by atoms with Gasteiger partial charge in [0.1, 0.15) is 0 Å². The van der Waals surface area contributed by atoms with Crippen molar-refractivity contribution in [2.75, 3.05) is 5.32 Å². The lowest BCUT2D eigenvalue weighted by atomic mass is 10.4. The average Bonchev–Trinajstić information content (AvgIpc) is 2.06. The first kappa shape index (κ1) is 8.19. The van der Waals surface area contributed by atoms with Crippen LogP contribution in [0.2, 0.25) is 0 Å². The fourth-order valence-electron chi connectivity index (χ4n) is 0.620. The molecule has 12 heavy (non-hydrogen) atoms. The van der Waals surface area contributed by atoms with Crippen LogP contribution in [0.3, 0.4) is 0 Å². The van der Waals surface area contributed by atoms with E-state index in [1.165, 1.54) is 24.5 Å². The van der Waals surface area contributed by atoms with Crippen molar-refractivity contribution in [3.8, 4) is 0 Å². The highest BCUT2D eigenvalue weighted by atomic mass is 16.4. The van der Waals surface area contributed by atoms with Crippen LogP contribution in [0.25, 0.3) is 0 Å². The van der Waals surface area contributed by atoms with Gasteiger partial charge in [-0.05, 0) is 12.1 Å². The van der Waals surface area contributed by atoms with Gasteiger partial charge in [0.2, 0.25) is 0 Å². The van der Waals surface area contributed by atoms with Crippen LogP contribution >= 0.6 is 0 Å². The predicted octanol–water partition coefficient (Wildman–Crippen LogP) is 0.105. The molecule has 5 nitrogen and oxygen atoms in total. The number of nitrogens with one attached hydrogen (secondary N) is 1. The molecule has 0 atom stereocenters. The number of aliphatic carboxylic acids is 1. The summed E-state index contributed by atoms with van der Waals surface area (Å²) in [7, 11) is 0. The maximum absolute atomic E-state index is 10.6. The molecule has 0 fully saturated rings. The second kappa shape index (κ2) is 3.47. The molecule has 1 aromatic rings. The number of pyridine rings is 1. The van der Waals surface area contributed by atoms with E-state index in [0.29, 0.717) is 5.69 Å². The number of anilines is 1. The van der Waals surface area contributed by atoms with Crippen molar-refractivity contribution in [2.45, 2.75) is 0 Å². The van der Waals surface area contributed by atoms with Crippen LogP contribution in [0, 0.1) is 0 Å². The zero-order valence-electron chi connectivity index (χ0n) is 6.02. The van der Waals surface area contributed by atoms with Gasteiger partial charge in [-0.1, -0.05) is 0 Å². The summed E-state index contributed by atoms with van der Waals surface area (Å²) in [6.45, 7) is 0. The Hall–Kier alpha value is -1.91. The summed E-state index contributed by atoms with van der Waals surface area (Å²) in [5, 5.41) is 10.4. The minimum Gasteiger partial charge on any atom is -0.474 e. The van der Waals surface area contributed by atoms with E-state index in [1.807, 2.05) is 0 Å². The second-order valence-corrected chi connectivity index (χ2v) is 2.00. The van der Waals surface area contributed by atoms with Gasteiger partial charge in [0.15, 0.2) is 0 Å². The summed E-state index contributed by atoms with van der Waals surface area (Å²) >= 11 is 0. The first-order chi connectivity index (χ1) is 5.70. The van der Waals surface area contributed by atoms with Crippen LogP contribution in [0.5, 0.6) is 0 Å². The van der Waals surface area contributed by atoms with Crippen molar-refractivity contribution in [1.29, 1.82) is 0 Å². The van der Waals surface area contributed by atoms with E-state index in [2.05, 4.69) is 10.3 Å². The zero-order valence-corrected chi connectivity index (χ0v) is 6.02. The zero-order chi connectivity index (χ0) is 8.97. The maximum Gasteiger partial charge on any atom is 0.394 e. The molecule has 0 unspecified atom stereocenters. The van der Waals surface area contributed by atoms with Crippen molar-refractivity contribution >= 4 is 17.6 Å². The van der Waals surface area contributed by atoms with Crippen LogP contribution < -0.4 is 5.32 Å². The fraction of sp³-hybridized carbons (Fsp3) is 0. The third-order valence-electron chi connectivity index (χ3n) is 1.13. The van der Waals surface area contributed by atoms with Gasteiger partial charge in [0, 0.05) is 18.1 Å². The van der Waals surface area contributed by atoms with Gasteiger partial charge in [-0.25, -0.2) is 4.79 Å². The third kappa shape index (κ3) is 2.05. The molecular weight excluding hydrogens is 160 g/mol. The summed E-state index contributed by atoms with van der Waals surface area (Å²) in [6, 6.07) is 3.00. The molecule has 0 aliphatic heterocycles. The highest BCUT2D eigenvalue weighted by Gasteiger charge is 2.09. The molecule has 0 saturated heterocycles. The molecule has 1 aromatic heterocycles. The molecule has 0 radical (unpaired) electrons. The Bertz CT molecular complexity index is 297. The molecule has 0 bridgehead atoms. The topological polar surface area (TPSA) is 79.3 Å². The Morgan fingerprint density at radius 1 is 1.33 bits per heavy atom. The molecular formula is C7H6N2O3. The average molecular weight is 166 g/mol. The van der Waals surface area contributed by atoms with Crippen molar-refractivity contribution in [1.82, 2.24) is 4.98 Å². The number of carboxylic acid groups (broad SMARTS) is 1. The van der Waals surface area contributed by atoms with Gasteiger partial charge in [-0.15, -0.1) is 0 Å². The van der Waals surface area contributed by atoms with Crippen molar-refractivity contribution in [3.05, 3.63) is 24.5 Å². The molecule has 0 saturated carbocycles. The molecule has 1 rings (SSSR count). The van der Waals surface area contributed by atoms with Crippen molar-refractivity contribution < 1.29 is 14.7 Å². The Balaban J connectivity index is 2.65. The summed E-state index contributed by atoms with van der Waals surface area (Å²) in [4.78, 5) is 24.4. The van der Waals surface area contributed by atoms with E-state index in [1.54, 1.807) is 0 Å². The minimum absolute atomic E-state index is 0.414. The number of carbonyl (C=O) groups is 2. The van der Waals surface area contributed by atoms with Gasteiger partial charge in [0.25, 0.3) is 0 Å². The maximum atomic E-state index is 10.6. The molecule has 1 heterocycles. The van der Waals surface area contributed by atoms with Gasteiger partial charge in [-0.3, -0.25) is 9.78 Å². The number of carbonyl (C=O) groups excluding carboxylic acids is 1. The Kier molecular flexibility index (Phi) is 2.37. The van der Waals surface area contributed by atoms with Gasteiger partial charge in [-0.2, -0.15) is 0 Å². The summed E-state index contributed by atoms with van der Waals surface area (Å²) in [5.74, 6) is -2.56. The Morgan fingerprint density at radius 3 is 2.42 bits per heavy atom. The summed E-state index contributed by atoms with van der Waals surface area (Å²) < 4.78 is 0. The highest BCUT2D eigenvalue weighted by molar-refractivity contribution is 6.36. The monoisotopic (exact) mass is 166 g/mol. The molecule has 62 valence electrons. The van der Waals surface area contributed by atoms with E-state index < -0.39 is 11.9 Å². The van der Waals surface area contributed by atoms with E-state index in [4.69, 9.17) is 5.11 Å². The standard InChI is InChI=1S/C7H6N2O3/c10-6(7(11)12)9-5-1-3-8-4-2-5/h1-4H,(H,11,12)(H,8,9,10). The molecule has 0 spiro atoms. The first-order valence-electron chi connectivity index (χ1n) is 3.14. The molecule has 0 aliphatic rings. The third-order valence-corrected chi connectivity index (χ3v) is 1.13. The van der Waals surface area contributed by atoms with E-state index in [0.717, 1.165) is 0 Å². The van der Waals surface area contributed by atoms with Gasteiger partial charge >= 0.3 is 11.9 Å². The van der Waals surface area contributed by atoms with E-state index >= 15 is 0 Å². The number of nitrogens with zero attached hydrogens (tertiary/aromatic N) is 1. The van der Waals surface area contributed by atoms with Crippen molar-refractivity contribution in [3.63, 3.8) is 0 Å². The van der Waals surface area contributed by atoms with Crippen LogP contribution in [0.4, 0.5) is 5.69 Å². The van der Waals surface area contributed by atoms with E-state index in [9.17, 15) is 9.59 Å². The van der Waals surface area contributed by atoms with Gasteiger partial charge in [0.05, 0.1) is 0 Å². The normalized spacial score (nSPS) is 9.00. The predicted molar refractivity (Wildman–Crippen MR) is 40.5 cm³/mol. The molecule has 0 aliphatic carbocycles. The smallest absolute Gasteiger partial charge is 0.394 e. The number of hydrogen-bond donors (Lipinski definition) is 2. The first-order valence-corrected chi connectivity index (χ1v) is 3.14. The molecule has 2 N–H and O–H groups in total. The Labute approximate surface area is 68.0 Å². The lowest BCUT2D eigenvalue weighted by molar-refractivity contribution is -0.147. The van der Waals surface area contributed by atoms with Crippen LogP contribution in [0.15, 0.2) is 24.5 Å². The minimum atomic E-state index is -1.51. The number of carboxylic acids is 1. The molecule has 5 heteroatoms. The van der Waals surface area contributed by atoms with Crippen LogP contribution in [-0.2, 0) is 9.59 Å². The molecule has 1 amide bonds. The quantitative estimate of drug-likeness (QED) is 0.580. The lowest BCUT2D eigenvalue weighted by Crippen LogP contribution is -2.21. The van der Waals surface area contributed by atoms with E-state index in [-0.39, 0.29) is 0 Å². The molecule has 0 aromatic carbocycles. The number of hydrogen-bond acceptors (Lipinski definition) is 3. The fourth-order valence-corrected chi connectivity index (χ4v) is 0.620. The van der Waals surface area contributed by atoms with Crippen LogP contribution in [0.1, 0.15) is 0 Å². The summed E-state index contributed by atoms with van der Waals surface area (Å²) in [6.07, 6.45) is 2.91. The SMILES string of the molecule is O=C(O)C(=O)Nc1ccncc1. The lowest BCUT2D eigenvalue weighted by Gasteiger charge is -1.98. The second-order valence-electron chi connectivity index (χ2n) is 2.00. The number of aromatic nitrogens is 1. The van der Waals surface area contributed by atoms with Gasteiger partial charge < -0.3 is 10.4 Å². The summed E-state index contributed by atoms with van der Waals surface area (Å²) in [5.41, 5.74) is 0.414. The number of amides is 1. The number of rotatable bonds is 1. The highest BCUT2D eigenvalue weighted by Crippen LogP contribution is 2.01. The van der Waals surface area contributed by atoms with Crippen LogP contribution in [-0.4, -0.2) is 22.0 Å². The Morgan fingerprint density at radius 2 is 1.92 bits per heavy atom.